The lowest BCUT2D eigenvalue weighted by atomic mass is 10.2. The van der Waals surface area contributed by atoms with Gasteiger partial charge in [0, 0.05) is 37.6 Å². The molecule has 2 aromatic rings. The van der Waals surface area contributed by atoms with Gasteiger partial charge in [-0.3, -0.25) is 15.0 Å². The molecule has 1 heterocycles. The Hall–Kier alpha value is -3.06. The summed E-state index contributed by atoms with van der Waals surface area (Å²) in [4.78, 5) is 28.3. The van der Waals surface area contributed by atoms with Gasteiger partial charge in [-0.2, -0.15) is 0 Å². The van der Waals surface area contributed by atoms with E-state index in [4.69, 9.17) is 4.74 Å². The van der Waals surface area contributed by atoms with E-state index in [2.05, 4.69) is 15.5 Å². The SMILES string of the molecule is COc1ccc(N2CCN(CC(=O)NC(=O)Nc3ccccc3)CC2)cc1. The lowest BCUT2D eigenvalue weighted by Crippen LogP contribution is -2.50. The quantitative estimate of drug-likeness (QED) is 0.846. The summed E-state index contributed by atoms with van der Waals surface area (Å²) in [7, 11) is 1.65. The van der Waals surface area contributed by atoms with Crippen LogP contribution in [-0.2, 0) is 4.79 Å². The minimum absolute atomic E-state index is 0.207. The third-order valence-corrected chi connectivity index (χ3v) is 4.46. The fourth-order valence-electron chi connectivity index (χ4n) is 3.01. The number of urea groups is 1. The van der Waals surface area contributed by atoms with Gasteiger partial charge < -0.3 is 15.0 Å². The van der Waals surface area contributed by atoms with Gasteiger partial charge in [-0.15, -0.1) is 0 Å². The molecular weight excluding hydrogens is 344 g/mol. The molecule has 1 aliphatic heterocycles. The third kappa shape index (κ3) is 5.46. The second-order valence-corrected chi connectivity index (χ2v) is 6.33. The van der Waals surface area contributed by atoms with Crippen molar-refractivity contribution < 1.29 is 14.3 Å². The highest BCUT2D eigenvalue weighted by atomic mass is 16.5. The van der Waals surface area contributed by atoms with E-state index in [-0.39, 0.29) is 12.5 Å². The number of methoxy groups -OCH3 is 1. The highest BCUT2D eigenvalue weighted by molar-refractivity contribution is 6.01. The predicted molar refractivity (Wildman–Crippen MR) is 105 cm³/mol. The van der Waals surface area contributed by atoms with E-state index in [1.165, 1.54) is 0 Å². The average molecular weight is 368 g/mol. The summed E-state index contributed by atoms with van der Waals surface area (Å²) in [6.07, 6.45) is 0. The Balaban J connectivity index is 1.41. The molecule has 0 unspecified atom stereocenters. The summed E-state index contributed by atoms with van der Waals surface area (Å²) >= 11 is 0. The number of nitrogens with zero attached hydrogens (tertiary/aromatic N) is 2. The number of benzene rings is 2. The van der Waals surface area contributed by atoms with Crippen molar-refractivity contribution in [2.75, 3.05) is 50.1 Å². The molecule has 3 amide bonds. The van der Waals surface area contributed by atoms with Gasteiger partial charge >= 0.3 is 6.03 Å². The first-order valence-corrected chi connectivity index (χ1v) is 8.91. The second kappa shape index (κ2) is 9.05. The normalized spacial score (nSPS) is 14.5. The van der Waals surface area contributed by atoms with Gasteiger partial charge in [-0.1, -0.05) is 18.2 Å². The number of imide groups is 1. The predicted octanol–water partition coefficient (Wildman–Crippen LogP) is 2.17. The van der Waals surface area contributed by atoms with Crippen molar-refractivity contribution in [1.82, 2.24) is 10.2 Å². The Morgan fingerprint density at radius 2 is 1.63 bits per heavy atom. The van der Waals surface area contributed by atoms with E-state index in [1.54, 1.807) is 19.2 Å². The lowest BCUT2D eigenvalue weighted by molar-refractivity contribution is -0.121. The van der Waals surface area contributed by atoms with Crippen LogP contribution >= 0.6 is 0 Å². The lowest BCUT2D eigenvalue weighted by Gasteiger charge is -2.35. The van der Waals surface area contributed by atoms with E-state index in [1.807, 2.05) is 47.4 Å². The molecule has 1 aliphatic rings. The molecule has 2 N–H and O–H groups in total. The van der Waals surface area contributed by atoms with Gasteiger partial charge in [0.05, 0.1) is 13.7 Å². The second-order valence-electron chi connectivity index (χ2n) is 6.33. The van der Waals surface area contributed by atoms with E-state index in [0.29, 0.717) is 5.69 Å². The largest absolute Gasteiger partial charge is 0.497 e. The summed E-state index contributed by atoms with van der Waals surface area (Å²) in [6, 6.07) is 16.5. The van der Waals surface area contributed by atoms with Crippen molar-refractivity contribution in [1.29, 1.82) is 0 Å². The number of nitrogens with one attached hydrogen (secondary N) is 2. The van der Waals surface area contributed by atoms with Crippen molar-refractivity contribution in [2.45, 2.75) is 0 Å². The Kier molecular flexibility index (Phi) is 6.27. The molecule has 0 radical (unpaired) electrons. The highest BCUT2D eigenvalue weighted by Crippen LogP contribution is 2.20. The van der Waals surface area contributed by atoms with Crippen LogP contribution in [0.3, 0.4) is 0 Å². The van der Waals surface area contributed by atoms with Gasteiger partial charge in [-0.05, 0) is 36.4 Å². The number of carbonyl (C=O) groups excluding carboxylic acids is 2. The van der Waals surface area contributed by atoms with Crippen molar-refractivity contribution in [2.24, 2.45) is 0 Å². The molecule has 1 fully saturated rings. The number of rotatable bonds is 5. The first-order valence-electron chi connectivity index (χ1n) is 8.91. The zero-order chi connectivity index (χ0) is 19.1. The van der Waals surface area contributed by atoms with Crippen LogP contribution in [-0.4, -0.2) is 56.7 Å². The van der Waals surface area contributed by atoms with Gasteiger partial charge in [0.2, 0.25) is 5.91 Å². The van der Waals surface area contributed by atoms with Crippen LogP contribution in [0.25, 0.3) is 0 Å². The molecule has 142 valence electrons. The molecule has 7 nitrogen and oxygen atoms in total. The van der Waals surface area contributed by atoms with Crippen LogP contribution in [0.2, 0.25) is 0 Å². The topological polar surface area (TPSA) is 73.9 Å². The fraction of sp³-hybridized carbons (Fsp3) is 0.300. The molecule has 0 aromatic heterocycles. The molecule has 7 heteroatoms. The van der Waals surface area contributed by atoms with Crippen molar-refractivity contribution in [3.8, 4) is 5.75 Å². The standard InChI is InChI=1S/C20H24N4O3/c1-27-18-9-7-17(8-10-18)24-13-11-23(12-14-24)15-19(25)22-20(26)21-16-5-3-2-4-6-16/h2-10H,11-15H2,1H3,(H2,21,22,25,26). The first kappa shape index (κ1) is 18.7. The maximum Gasteiger partial charge on any atom is 0.325 e. The number of carbonyl (C=O) groups is 2. The maximum absolute atomic E-state index is 12.1. The smallest absolute Gasteiger partial charge is 0.325 e. The van der Waals surface area contributed by atoms with Gasteiger partial charge in [0.15, 0.2) is 0 Å². The Bertz CT molecular complexity index is 757. The fourth-order valence-corrected chi connectivity index (χ4v) is 3.01. The van der Waals surface area contributed by atoms with E-state index in [9.17, 15) is 9.59 Å². The number of para-hydroxylation sites is 1. The number of amides is 3. The average Bonchev–Trinajstić information content (AvgIpc) is 2.69. The molecule has 0 spiro atoms. The molecule has 0 aliphatic carbocycles. The summed E-state index contributed by atoms with van der Waals surface area (Å²) in [6.45, 7) is 3.39. The van der Waals surface area contributed by atoms with Crippen LogP contribution in [0.15, 0.2) is 54.6 Å². The molecular formula is C20H24N4O3. The van der Waals surface area contributed by atoms with Gasteiger partial charge in [-0.25, -0.2) is 4.79 Å². The van der Waals surface area contributed by atoms with E-state index < -0.39 is 6.03 Å². The Labute approximate surface area is 158 Å². The number of hydrogen-bond acceptors (Lipinski definition) is 5. The van der Waals surface area contributed by atoms with Crippen molar-refractivity contribution >= 4 is 23.3 Å². The molecule has 0 bridgehead atoms. The molecule has 3 rings (SSSR count). The zero-order valence-corrected chi connectivity index (χ0v) is 15.4. The van der Waals surface area contributed by atoms with Crippen LogP contribution in [0.4, 0.5) is 16.2 Å². The number of anilines is 2. The summed E-state index contributed by atoms with van der Waals surface area (Å²) in [5, 5.41) is 5.01. The monoisotopic (exact) mass is 368 g/mol. The molecule has 2 aromatic carbocycles. The van der Waals surface area contributed by atoms with Crippen LogP contribution in [0, 0.1) is 0 Å². The highest BCUT2D eigenvalue weighted by Gasteiger charge is 2.20. The minimum Gasteiger partial charge on any atom is -0.497 e. The minimum atomic E-state index is -0.511. The number of hydrogen-bond donors (Lipinski definition) is 2. The number of ether oxygens (including phenoxy) is 1. The van der Waals surface area contributed by atoms with Crippen LogP contribution in [0.5, 0.6) is 5.75 Å². The third-order valence-electron chi connectivity index (χ3n) is 4.46. The number of piperazine rings is 1. The van der Waals surface area contributed by atoms with Crippen LogP contribution < -0.4 is 20.3 Å². The Morgan fingerprint density at radius 1 is 0.963 bits per heavy atom. The van der Waals surface area contributed by atoms with Crippen LogP contribution in [0.1, 0.15) is 0 Å². The van der Waals surface area contributed by atoms with Gasteiger partial charge in [0.1, 0.15) is 5.75 Å². The first-order chi connectivity index (χ1) is 13.1. The van der Waals surface area contributed by atoms with Gasteiger partial charge in [0.25, 0.3) is 0 Å². The van der Waals surface area contributed by atoms with Crippen molar-refractivity contribution in [3.63, 3.8) is 0 Å². The van der Waals surface area contributed by atoms with E-state index >= 15 is 0 Å². The maximum atomic E-state index is 12.1. The Morgan fingerprint density at radius 3 is 2.26 bits per heavy atom. The zero-order valence-electron chi connectivity index (χ0n) is 15.4. The molecule has 0 saturated carbocycles. The molecule has 27 heavy (non-hydrogen) atoms. The summed E-state index contributed by atoms with van der Waals surface area (Å²) in [5.41, 5.74) is 1.79. The summed E-state index contributed by atoms with van der Waals surface area (Å²) in [5.74, 6) is 0.532. The molecule has 1 saturated heterocycles. The van der Waals surface area contributed by atoms with E-state index in [0.717, 1.165) is 37.6 Å². The summed E-state index contributed by atoms with van der Waals surface area (Å²) < 4.78 is 5.18. The molecule has 0 atom stereocenters. The van der Waals surface area contributed by atoms with Crippen molar-refractivity contribution in [3.05, 3.63) is 54.6 Å².